The van der Waals surface area contributed by atoms with E-state index in [4.69, 9.17) is 4.74 Å². The van der Waals surface area contributed by atoms with Gasteiger partial charge in [0.1, 0.15) is 18.3 Å². The zero-order chi connectivity index (χ0) is 12.4. The number of Topliss-reactive ketones (excluding diaryl/α,β-unsaturated/α-hetero) is 1. The number of rotatable bonds is 3. The molecule has 0 heterocycles. The van der Waals surface area contributed by atoms with Gasteiger partial charge in [0.2, 0.25) is 0 Å². The van der Waals surface area contributed by atoms with E-state index in [1.165, 1.54) is 24.3 Å². The Bertz CT molecular complexity index is 493. The molecule has 1 atom stereocenters. The third-order valence-corrected chi connectivity index (χ3v) is 2.74. The largest absolute Gasteiger partial charge is 0.461 e. The van der Waals surface area contributed by atoms with E-state index < -0.39 is 17.7 Å². The van der Waals surface area contributed by atoms with Crippen molar-refractivity contribution < 1.29 is 18.7 Å². The van der Waals surface area contributed by atoms with E-state index in [1.54, 1.807) is 0 Å². The highest BCUT2D eigenvalue weighted by Gasteiger charge is 2.38. The standard InChI is InChI=1S/C13H11FO3/c1-2-6-17-13(16)10-7-9-8(12(10)15)4-3-5-11(9)14/h2-5,10H,1,6-7H2. The summed E-state index contributed by atoms with van der Waals surface area (Å²) in [5.74, 6) is -2.35. The molecule has 0 radical (unpaired) electrons. The second-order valence-corrected chi connectivity index (χ2v) is 3.81. The highest BCUT2D eigenvalue weighted by molar-refractivity contribution is 6.12. The lowest BCUT2D eigenvalue weighted by molar-refractivity contribution is -0.145. The third kappa shape index (κ3) is 1.98. The third-order valence-electron chi connectivity index (χ3n) is 2.74. The fourth-order valence-corrected chi connectivity index (χ4v) is 1.91. The molecule has 1 aliphatic carbocycles. The molecular formula is C13H11FO3. The molecular weight excluding hydrogens is 223 g/mol. The van der Waals surface area contributed by atoms with Gasteiger partial charge < -0.3 is 4.74 Å². The van der Waals surface area contributed by atoms with Crippen LogP contribution in [0.1, 0.15) is 15.9 Å². The molecule has 1 unspecified atom stereocenters. The molecule has 0 aromatic heterocycles. The number of halogens is 1. The van der Waals surface area contributed by atoms with Gasteiger partial charge in [-0.25, -0.2) is 4.39 Å². The van der Waals surface area contributed by atoms with E-state index in [0.717, 1.165) is 0 Å². The van der Waals surface area contributed by atoms with Gasteiger partial charge >= 0.3 is 5.97 Å². The summed E-state index contributed by atoms with van der Waals surface area (Å²) >= 11 is 0. The van der Waals surface area contributed by atoms with Crippen molar-refractivity contribution in [3.63, 3.8) is 0 Å². The normalized spacial score (nSPS) is 17.7. The number of carbonyl (C=O) groups excluding carboxylic acids is 2. The highest BCUT2D eigenvalue weighted by atomic mass is 19.1. The topological polar surface area (TPSA) is 43.4 Å². The van der Waals surface area contributed by atoms with E-state index in [-0.39, 0.29) is 24.4 Å². The van der Waals surface area contributed by atoms with Crippen LogP contribution in [0.25, 0.3) is 0 Å². The van der Waals surface area contributed by atoms with E-state index >= 15 is 0 Å². The molecule has 0 aliphatic heterocycles. The Labute approximate surface area is 97.9 Å². The molecule has 0 spiro atoms. The summed E-state index contributed by atoms with van der Waals surface area (Å²) in [4.78, 5) is 23.4. The molecule has 1 aromatic rings. The first-order chi connectivity index (χ1) is 8.15. The van der Waals surface area contributed by atoms with Gasteiger partial charge in [-0.1, -0.05) is 24.8 Å². The van der Waals surface area contributed by atoms with Crippen LogP contribution in [0.2, 0.25) is 0 Å². The van der Waals surface area contributed by atoms with Crippen molar-refractivity contribution in [2.45, 2.75) is 6.42 Å². The van der Waals surface area contributed by atoms with Crippen LogP contribution in [-0.2, 0) is 16.0 Å². The summed E-state index contributed by atoms with van der Waals surface area (Å²) in [5.41, 5.74) is 0.587. The SMILES string of the molecule is C=CCOC(=O)C1Cc2c(F)cccc2C1=O. The quantitative estimate of drug-likeness (QED) is 0.456. The molecule has 88 valence electrons. The summed E-state index contributed by atoms with van der Waals surface area (Å²) in [6.45, 7) is 3.47. The number of benzene rings is 1. The second kappa shape index (κ2) is 4.49. The number of esters is 1. The monoisotopic (exact) mass is 234 g/mol. The van der Waals surface area contributed by atoms with Gasteiger partial charge in [0.25, 0.3) is 0 Å². The van der Waals surface area contributed by atoms with E-state index in [1.807, 2.05) is 0 Å². The molecule has 4 heteroatoms. The van der Waals surface area contributed by atoms with Crippen molar-refractivity contribution in [3.8, 4) is 0 Å². The van der Waals surface area contributed by atoms with Gasteiger partial charge in [-0.2, -0.15) is 0 Å². The van der Waals surface area contributed by atoms with Crippen LogP contribution < -0.4 is 0 Å². The molecule has 17 heavy (non-hydrogen) atoms. The first-order valence-electron chi connectivity index (χ1n) is 5.24. The van der Waals surface area contributed by atoms with Crippen molar-refractivity contribution in [2.24, 2.45) is 5.92 Å². The van der Waals surface area contributed by atoms with Crippen LogP contribution in [0.5, 0.6) is 0 Å². The van der Waals surface area contributed by atoms with Crippen LogP contribution in [-0.4, -0.2) is 18.4 Å². The smallest absolute Gasteiger partial charge is 0.317 e. The van der Waals surface area contributed by atoms with Gasteiger partial charge in [-0.05, 0) is 18.1 Å². The maximum atomic E-state index is 13.4. The number of ether oxygens (including phenoxy) is 1. The van der Waals surface area contributed by atoms with Gasteiger partial charge in [0.05, 0.1) is 0 Å². The van der Waals surface area contributed by atoms with Gasteiger partial charge in [0.15, 0.2) is 5.78 Å². The van der Waals surface area contributed by atoms with E-state index in [2.05, 4.69) is 6.58 Å². The van der Waals surface area contributed by atoms with Crippen LogP contribution in [0, 0.1) is 11.7 Å². The maximum absolute atomic E-state index is 13.4. The minimum atomic E-state index is -0.915. The van der Waals surface area contributed by atoms with Crippen molar-refractivity contribution in [3.05, 3.63) is 47.8 Å². The zero-order valence-corrected chi connectivity index (χ0v) is 9.11. The molecule has 0 bridgehead atoms. The van der Waals surface area contributed by atoms with Gasteiger partial charge in [0, 0.05) is 5.56 Å². The average molecular weight is 234 g/mol. The van der Waals surface area contributed by atoms with Crippen LogP contribution in [0.3, 0.4) is 0 Å². The molecule has 1 aromatic carbocycles. The summed E-state index contributed by atoms with van der Waals surface area (Å²) in [7, 11) is 0. The van der Waals surface area contributed by atoms with E-state index in [9.17, 15) is 14.0 Å². The fraction of sp³-hybridized carbons (Fsp3) is 0.231. The lowest BCUT2D eigenvalue weighted by atomic mass is 10.1. The summed E-state index contributed by atoms with van der Waals surface area (Å²) in [5, 5.41) is 0. The molecule has 0 fully saturated rings. The highest BCUT2D eigenvalue weighted by Crippen LogP contribution is 2.29. The minimum Gasteiger partial charge on any atom is -0.461 e. The Morgan fingerprint density at radius 1 is 1.59 bits per heavy atom. The van der Waals surface area contributed by atoms with Crippen LogP contribution >= 0.6 is 0 Å². The number of hydrogen-bond acceptors (Lipinski definition) is 3. The lowest BCUT2D eigenvalue weighted by Gasteiger charge is -2.06. The van der Waals surface area contributed by atoms with E-state index in [0.29, 0.717) is 5.56 Å². The second-order valence-electron chi connectivity index (χ2n) is 3.81. The Morgan fingerprint density at radius 2 is 2.35 bits per heavy atom. The van der Waals surface area contributed by atoms with Crippen molar-refractivity contribution in [2.75, 3.05) is 6.61 Å². The summed E-state index contributed by atoms with van der Waals surface area (Å²) < 4.78 is 18.2. The number of fused-ring (bicyclic) bond motifs is 1. The fourth-order valence-electron chi connectivity index (χ4n) is 1.91. The number of hydrogen-bond donors (Lipinski definition) is 0. The summed E-state index contributed by atoms with van der Waals surface area (Å²) in [6.07, 6.45) is 1.50. The Morgan fingerprint density at radius 3 is 3.00 bits per heavy atom. The van der Waals surface area contributed by atoms with Crippen LogP contribution in [0.15, 0.2) is 30.9 Å². The Hall–Kier alpha value is -1.97. The van der Waals surface area contributed by atoms with Gasteiger partial charge in [-0.15, -0.1) is 0 Å². The maximum Gasteiger partial charge on any atom is 0.317 e. The zero-order valence-electron chi connectivity index (χ0n) is 9.11. The Balaban J connectivity index is 2.22. The molecule has 1 aliphatic rings. The molecule has 0 N–H and O–H groups in total. The van der Waals surface area contributed by atoms with Crippen LogP contribution in [0.4, 0.5) is 4.39 Å². The van der Waals surface area contributed by atoms with Crippen molar-refractivity contribution in [1.82, 2.24) is 0 Å². The molecule has 0 saturated carbocycles. The van der Waals surface area contributed by atoms with Crippen molar-refractivity contribution >= 4 is 11.8 Å². The Kier molecular flexibility index (Phi) is 3.04. The number of carbonyl (C=O) groups is 2. The molecule has 0 amide bonds. The minimum absolute atomic E-state index is 0.0570. The predicted molar refractivity (Wildman–Crippen MR) is 59.1 cm³/mol. The molecule has 2 rings (SSSR count). The summed E-state index contributed by atoms with van der Waals surface area (Å²) in [6, 6.07) is 4.27. The molecule has 3 nitrogen and oxygen atoms in total. The number of ketones is 1. The average Bonchev–Trinajstić information content (AvgIpc) is 2.66. The van der Waals surface area contributed by atoms with Gasteiger partial charge in [-0.3, -0.25) is 9.59 Å². The lowest BCUT2D eigenvalue weighted by Crippen LogP contribution is -2.23. The molecule has 0 saturated heterocycles. The predicted octanol–water partition coefficient (Wildman–Crippen LogP) is 1.91. The first kappa shape index (κ1) is 11.5. The first-order valence-corrected chi connectivity index (χ1v) is 5.24. The van der Waals surface area contributed by atoms with Crippen molar-refractivity contribution in [1.29, 1.82) is 0 Å².